The van der Waals surface area contributed by atoms with Gasteiger partial charge in [-0.3, -0.25) is 14.4 Å². The zero-order chi connectivity index (χ0) is 18.3. The maximum atomic E-state index is 13.1. The summed E-state index contributed by atoms with van der Waals surface area (Å²) in [5.74, 6) is -0.675. The normalized spacial score (nSPS) is 12.3. The summed E-state index contributed by atoms with van der Waals surface area (Å²) in [7, 11) is 1.44. The van der Waals surface area contributed by atoms with E-state index in [1.165, 1.54) is 7.11 Å². The molecule has 0 aromatic heterocycles. The van der Waals surface area contributed by atoms with Gasteiger partial charge in [-0.25, -0.2) is 0 Å². The lowest BCUT2D eigenvalue weighted by atomic mass is 9.80. The van der Waals surface area contributed by atoms with E-state index in [-0.39, 0.29) is 39.8 Å². The lowest BCUT2D eigenvalue weighted by Gasteiger charge is -2.21. The largest absolute Gasteiger partial charge is 0.496 e. The van der Waals surface area contributed by atoms with Crippen LogP contribution in [-0.4, -0.2) is 24.5 Å². The summed E-state index contributed by atoms with van der Waals surface area (Å²) < 4.78 is 5.34. The first-order chi connectivity index (χ1) is 12.6. The summed E-state index contributed by atoms with van der Waals surface area (Å²) in [5, 5.41) is 0. The second-order valence-electron chi connectivity index (χ2n) is 5.96. The van der Waals surface area contributed by atoms with E-state index >= 15 is 0 Å². The van der Waals surface area contributed by atoms with Gasteiger partial charge in [0.15, 0.2) is 17.3 Å². The third-order valence-corrected chi connectivity index (χ3v) is 4.54. The molecule has 3 aromatic carbocycles. The first kappa shape index (κ1) is 16.0. The van der Waals surface area contributed by atoms with Crippen molar-refractivity contribution in [3.63, 3.8) is 0 Å². The Bertz CT molecular complexity index is 1060. The zero-order valence-electron chi connectivity index (χ0n) is 14.0. The fourth-order valence-corrected chi connectivity index (χ4v) is 3.30. The predicted octanol–water partition coefficient (Wildman–Crippen LogP) is 3.70. The molecule has 0 fully saturated rings. The van der Waals surface area contributed by atoms with E-state index in [1.807, 2.05) is 0 Å². The van der Waals surface area contributed by atoms with Crippen LogP contribution in [0.5, 0.6) is 5.75 Å². The van der Waals surface area contributed by atoms with Crippen molar-refractivity contribution in [2.45, 2.75) is 0 Å². The minimum absolute atomic E-state index is 0.113. The maximum Gasteiger partial charge on any atom is 0.197 e. The second kappa shape index (κ2) is 6.08. The Balaban J connectivity index is 2.00. The minimum atomic E-state index is -0.347. The smallest absolute Gasteiger partial charge is 0.197 e. The van der Waals surface area contributed by atoms with Gasteiger partial charge in [-0.05, 0) is 12.1 Å². The average molecular weight is 342 g/mol. The van der Waals surface area contributed by atoms with Gasteiger partial charge in [0.2, 0.25) is 0 Å². The van der Waals surface area contributed by atoms with Gasteiger partial charge in [-0.1, -0.05) is 54.6 Å². The van der Waals surface area contributed by atoms with Crippen molar-refractivity contribution in [3.8, 4) is 5.75 Å². The molecule has 0 radical (unpaired) electrons. The van der Waals surface area contributed by atoms with E-state index < -0.39 is 0 Å². The van der Waals surface area contributed by atoms with Crippen LogP contribution in [0.1, 0.15) is 47.8 Å². The molecule has 4 rings (SSSR count). The number of benzene rings is 3. The van der Waals surface area contributed by atoms with E-state index in [0.717, 1.165) is 0 Å². The molecule has 0 unspecified atom stereocenters. The molecule has 3 aromatic rings. The van der Waals surface area contributed by atoms with E-state index in [0.29, 0.717) is 16.7 Å². The Morgan fingerprint density at radius 2 is 1.35 bits per heavy atom. The lowest BCUT2D eigenvalue weighted by molar-refractivity contribution is 0.0970. The van der Waals surface area contributed by atoms with Crippen LogP contribution in [0.15, 0.2) is 66.7 Å². The molecule has 0 atom stereocenters. The zero-order valence-corrected chi connectivity index (χ0v) is 14.0. The molecule has 1 aliphatic rings. The fourth-order valence-electron chi connectivity index (χ4n) is 3.30. The molecule has 0 N–H and O–H groups in total. The van der Waals surface area contributed by atoms with Crippen LogP contribution >= 0.6 is 0 Å². The van der Waals surface area contributed by atoms with Crippen molar-refractivity contribution in [2.75, 3.05) is 7.11 Å². The Morgan fingerprint density at radius 1 is 0.731 bits per heavy atom. The minimum Gasteiger partial charge on any atom is -0.496 e. The van der Waals surface area contributed by atoms with Gasteiger partial charge in [-0.2, -0.15) is 0 Å². The number of methoxy groups -OCH3 is 1. The van der Waals surface area contributed by atoms with Crippen molar-refractivity contribution in [1.82, 2.24) is 0 Å². The topological polar surface area (TPSA) is 60.4 Å². The van der Waals surface area contributed by atoms with Crippen LogP contribution in [0.3, 0.4) is 0 Å². The molecule has 126 valence electrons. The highest BCUT2D eigenvalue weighted by Crippen LogP contribution is 2.35. The molecule has 1 aliphatic carbocycles. The van der Waals surface area contributed by atoms with Crippen LogP contribution in [0.2, 0.25) is 0 Å². The molecule has 4 heteroatoms. The number of hydrogen-bond acceptors (Lipinski definition) is 4. The van der Waals surface area contributed by atoms with Crippen LogP contribution in [0, 0.1) is 0 Å². The third kappa shape index (κ3) is 2.27. The Morgan fingerprint density at radius 3 is 2.00 bits per heavy atom. The van der Waals surface area contributed by atoms with Crippen LogP contribution < -0.4 is 4.74 Å². The molecular formula is C22H14O4. The van der Waals surface area contributed by atoms with Crippen LogP contribution in [0.4, 0.5) is 0 Å². The summed E-state index contributed by atoms with van der Waals surface area (Å²) in [6.07, 6.45) is 0. The van der Waals surface area contributed by atoms with Crippen molar-refractivity contribution in [1.29, 1.82) is 0 Å². The molecular weight excluding hydrogens is 328 g/mol. The average Bonchev–Trinajstić information content (AvgIpc) is 2.71. The first-order valence-electron chi connectivity index (χ1n) is 8.12. The first-order valence-corrected chi connectivity index (χ1v) is 8.12. The Kier molecular flexibility index (Phi) is 3.73. The number of hydrogen-bond donors (Lipinski definition) is 0. The Hall–Kier alpha value is -3.53. The van der Waals surface area contributed by atoms with Crippen molar-refractivity contribution in [3.05, 3.63) is 100 Å². The standard InChI is InChI=1S/C22H14O4/c1-26-17-12-11-16-18(19(17)20(23)13-7-3-2-4-8-13)22(25)15-10-6-5-9-14(15)21(16)24/h2-12H,1H3. The Labute approximate surface area is 150 Å². The van der Waals surface area contributed by atoms with Crippen LogP contribution in [-0.2, 0) is 0 Å². The molecule has 0 aliphatic heterocycles. The number of carbonyl (C=O) groups is 3. The molecule has 4 nitrogen and oxygen atoms in total. The van der Waals surface area contributed by atoms with Gasteiger partial charge < -0.3 is 4.74 Å². The van der Waals surface area contributed by atoms with Gasteiger partial charge in [0.25, 0.3) is 0 Å². The highest BCUT2D eigenvalue weighted by atomic mass is 16.5. The van der Waals surface area contributed by atoms with Crippen molar-refractivity contribution >= 4 is 17.3 Å². The molecule has 0 bridgehead atoms. The SMILES string of the molecule is COc1ccc2c(c1C(=O)c1ccccc1)C(=O)c1ccccc1C2=O. The summed E-state index contributed by atoms with van der Waals surface area (Å²) >= 11 is 0. The van der Waals surface area contributed by atoms with Gasteiger partial charge >= 0.3 is 0 Å². The van der Waals surface area contributed by atoms with E-state index in [2.05, 4.69) is 0 Å². The van der Waals surface area contributed by atoms with Gasteiger partial charge in [0, 0.05) is 27.8 Å². The summed E-state index contributed by atoms with van der Waals surface area (Å²) in [6.45, 7) is 0. The number of fused-ring (bicyclic) bond motifs is 2. The monoisotopic (exact) mass is 342 g/mol. The number of ketones is 3. The van der Waals surface area contributed by atoms with Crippen molar-refractivity contribution in [2.24, 2.45) is 0 Å². The van der Waals surface area contributed by atoms with Gasteiger partial charge in [0.05, 0.1) is 12.7 Å². The quantitative estimate of drug-likeness (QED) is 0.533. The molecule has 0 amide bonds. The van der Waals surface area contributed by atoms with Crippen LogP contribution in [0.25, 0.3) is 0 Å². The number of ether oxygens (including phenoxy) is 1. The molecule has 0 spiro atoms. The molecule has 0 saturated heterocycles. The summed E-state index contributed by atoms with van der Waals surface area (Å²) in [4.78, 5) is 39.1. The second-order valence-corrected chi connectivity index (χ2v) is 5.96. The summed E-state index contributed by atoms with van der Waals surface area (Å²) in [5.41, 5.74) is 1.56. The predicted molar refractivity (Wildman–Crippen MR) is 96.2 cm³/mol. The third-order valence-electron chi connectivity index (χ3n) is 4.54. The summed E-state index contributed by atoms with van der Waals surface area (Å²) in [6, 6.07) is 18.4. The highest BCUT2D eigenvalue weighted by molar-refractivity contribution is 6.32. The van der Waals surface area contributed by atoms with Gasteiger partial charge in [0.1, 0.15) is 5.75 Å². The van der Waals surface area contributed by atoms with Gasteiger partial charge in [-0.15, -0.1) is 0 Å². The molecule has 0 saturated carbocycles. The van der Waals surface area contributed by atoms with E-state index in [1.54, 1.807) is 66.7 Å². The number of rotatable bonds is 3. The highest BCUT2D eigenvalue weighted by Gasteiger charge is 2.35. The fraction of sp³-hybridized carbons (Fsp3) is 0.0455. The lowest BCUT2D eigenvalue weighted by Crippen LogP contribution is -2.24. The molecule has 26 heavy (non-hydrogen) atoms. The van der Waals surface area contributed by atoms with E-state index in [9.17, 15) is 14.4 Å². The van der Waals surface area contributed by atoms with Crippen molar-refractivity contribution < 1.29 is 19.1 Å². The number of carbonyl (C=O) groups excluding carboxylic acids is 3. The maximum absolute atomic E-state index is 13.1. The van der Waals surface area contributed by atoms with E-state index in [4.69, 9.17) is 4.74 Å². The molecule has 0 heterocycles.